The molecular formula is C21H30FN3O3S. The quantitative estimate of drug-likeness (QED) is 0.720. The van der Waals surface area contributed by atoms with Crippen molar-refractivity contribution >= 4 is 10.0 Å². The van der Waals surface area contributed by atoms with E-state index < -0.39 is 15.7 Å². The van der Waals surface area contributed by atoms with E-state index in [9.17, 15) is 8.42 Å². The van der Waals surface area contributed by atoms with Crippen molar-refractivity contribution in [2.75, 3.05) is 13.1 Å². The Hall–Kier alpha value is -1.80. The number of hydrogen-bond acceptors (Lipinski definition) is 5. The zero-order chi connectivity index (χ0) is 21.4. The second kappa shape index (κ2) is 7.80. The van der Waals surface area contributed by atoms with Gasteiger partial charge in [-0.3, -0.25) is 0 Å². The molecule has 3 rings (SSSR count). The molecule has 0 atom stereocenters. The van der Waals surface area contributed by atoms with Gasteiger partial charge in [-0.1, -0.05) is 51.9 Å². The van der Waals surface area contributed by atoms with Gasteiger partial charge in [0.25, 0.3) is 5.89 Å². The normalized spacial score (nSPS) is 18.3. The standard InChI is InChI=1S/C21H30FN3O3S/c1-15(2)14-18-23-19(28-24-18)21(22)10-12-25(13-11-21)29(26,27)17-8-6-16(7-9-17)20(3,4)5/h6-9,15H,10-14H2,1-5H3. The lowest BCUT2D eigenvalue weighted by atomic mass is 9.87. The van der Waals surface area contributed by atoms with Crippen molar-refractivity contribution in [3.63, 3.8) is 0 Å². The number of sulfonamides is 1. The summed E-state index contributed by atoms with van der Waals surface area (Å²) in [5, 5.41) is 3.86. The lowest BCUT2D eigenvalue weighted by Crippen LogP contribution is -2.43. The van der Waals surface area contributed by atoms with Crippen molar-refractivity contribution in [1.82, 2.24) is 14.4 Å². The molecule has 1 aromatic carbocycles. The summed E-state index contributed by atoms with van der Waals surface area (Å²) in [5.41, 5.74) is -0.782. The van der Waals surface area contributed by atoms with Crippen molar-refractivity contribution in [2.24, 2.45) is 5.92 Å². The Morgan fingerprint density at radius 3 is 2.28 bits per heavy atom. The fourth-order valence-electron chi connectivity index (χ4n) is 3.45. The van der Waals surface area contributed by atoms with E-state index in [1.807, 2.05) is 26.0 Å². The summed E-state index contributed by atoms with van der Waals surface area (Å²) < 4.78 is 47.8. The van der Waals surface area contributed by atoms with Crippen LogP contribution < -0.4 is 0 Å². The molecular weight excluding hydrogens is 393 g/mol. The fraction of sp³-hybridized carbons (Fsp3) is 0.619. The van der Waals surface area contributed by atoms with E-state index >= 15 is 4.39 Å². The van der Waals surface area contributed by atoms with Crippen molar-refractivity contribution in [3.05, 3.63) is 41.5 Å². The molecule has 1 fully saturated rings. The molecule has 0 bridgehead atoms. The molecule has 1 aliphatic rings. The van der Waals surface area contributed by atoms with Crippen molar-refractivity contribution < 1.29 is 17.3 Å². The second-order valence-electron chi connectivity index (χ2n) is 9.26. The number of halogens is 1. The van der Waals surface area contributed by atoms with E-state index in [1.54, 1.807) is 12.1 Å². The van der Waals surface area contributed by atoms with E-state index in [1.165, 1.54) is 4.31 Å². The Kier molecular flexibility index (Phi) is 5.89. The minimum Gasteiger partial charge on any atom is -0.336 e. The summed E-state index contributed by atoms with van der Waals surface area (Å²) in [7, 11) is -3.67. The van der Waals surface area contributed by atoms with Crippen LogP contribution in [0.2, 0.25) is 0 Å². The third-order valence-electron chi connectivity index (χ3n) is 5.32. The van der Waals surface area contributed by atoms with Crippen LogP contribution in [0.4, 0.5) is 4.39 Å². The summed E-state index contributed by atoms with van der Waals surface area (Å²) in [6.07, 6.45) is 0.607. The van der Waals surface area contributed by atoms with E-state index in [4.69, 9.17) is 4.52 Å². The first kappa shape index (κ1) is 21.9. The molecule has 6 nitrogen and oxygen atoms in total. The number of rotatable bonds is 5. The summed E-state index contributed by atoms with van der Waals surface area (Å²) >= 11 is 0. The van der Waals surface area contributed by atoms with Gasteiger partial charge < -0.3 is 4.52 Å². The molecule has 0 spiro atoms. The summed E-state index contributed by atoms with van der Waals surface area (Å²) in [6.45, 7) is 10.4. The Morgan fingerprint density at radius 1 is 1.17 bits per heavy atom. The number of piperidine rings is 1. The Bertz CT molecular complexity index is 938. The van der Waals surface area contributed by atoms with E-state index in [0.29, 0.717) is 18.2 Å². The maximum atomic E-state index is 15.4. The van der Waals surface area contributed by atoms with Gasteiger partial charge in [0, 0.05) is 32.4 Å². The van der Waals surface area contributed by atoms with Crippen LogP contribution in [0, 0.1) is 5.92 Å². The minimum absolute atomic E-state index is 0.00435. The molecule has 0 amide bonds. The Labute approximate surface area is 172 Å². The third-order valence-corrected chi connectivity index (χ3v) is 7.23. The first-order valence-corrected chi connectivity index (χ1v) is 11.5. The number of benzene rings is 1. The third kappa shape index (κ3) is 4.69. The SMILES string of the molecule is CC(C)Cc1noc(C2(F)CCN(S(=O)(=O)c3ccc(C(C)(C)C)cc3)CC2)n1. The Balaban J connectivity index is 1.71. The molecule has 160 valence electrons. The van der Waals surface area contributed by atoms with Gasteiger partial charge in [-0.2, -0.15) is 9.29 Å². The molecule has 0 radical (unpaired) electrons. The molecule has 0 N–H and O–H groups in total. The first-order valence-electron chi connectivity index (χ1n) is 10.0. The molecule has 1 aliphatic heterocycles. The molecule has 2 aromatic rings. The smallest absolute Gasteiger partial charge is 0.264 e. The second-order valence-corrected chi connectivity index (χ2v) is 11.2. The van der Waals surface area contributed by atoms with Crippen molar-refractivity contribution in [2.45, 2.75) is 69.9 Å². The van der Waals surface area contributed by atoms with Crippen LogP contribution in [-0.2, 0) is 27.5 Å². The average Bonchev–Trinajstić information content (AvgIpc) is 3.10. The minimum atomic E-state index is -3.67. The van der Waals surface area contributed by atoms with Gasteiger partial charge >= 0.3 is 0 Å². The average molecular weight is 424 g/mol. The summed E-state index contributed by atoms with van der Waals surface area (Å²) in [5.74, 6) is 0.786. The number of alkyl halides is 1. The fourth-order valence-corrected chi connectivity index (χ4v) is 4.90. The van der Waals surface area contributed by atoms with Crippen LogP contribution in [0.1, 0.15) is 64.7 Å². The highest BCUT2D eigenvalue weighted by Gasteiger charge is 2.44. The summed E-state index contributed by atoms with van der Waals surface area (Å²) in [6, 6.07) is 6.93. The van der Waals surface area contributed by atoms with E-state index in [2.05, 4.69) is 30.9 Å². The highest BCUT2D eigenvalue weighted by atomic mass is 32.2. The van der Waals surface area contributed by atoms with Gasteiger partial charge in [0.15, 0.2) is 11.5 Å². The van der Waals surface area contributed by atoms with Gasteiger partial charge in [-0.15, -0.1) is 0 Å². The largest absolute Gasteiger partial charge is 0.336 e. The van der Waals surface area contributed by atoms with E-state index in [-0.39, 0.29) is 42.1 Å². The van der Waals surface area contributed by atoms with E-state index in [0.717, 1.165) is 5.56 Å². The topological polar surface area (TPSA) is 76.3 Å². The van der Waals surface area contributed by atoms with Crippen molar-refractivity contribution in [1.29, 1.82) is 0 Å². The molecule has 0 unspecified atom stereocenters. The molecule has 1 saturated heterocycles. The van der Waals surface area contributed by atoms with Crippen LogP contribution in [0.3, 0.4) is 0 Å². The highest BCUT2D eigenvalue weighted by molar-refractivity contribution is 7.89. The molecule has 29 heavy (non-hydrogen) atoms. The number of hydrogen-bond donors (Lipinski definition) is 0. The van der Waals surface area contributed by atoms with Crippen LogP contribution in [0.15, 0.2) is 33.7 Å². The zero-order valence-corrected chi connectivity index (χ0v) is 18.6. The molecule has 1 aromatic heterocycles. The predicted molar refractivity (Wildman–Crippen MR) is 109 cm³/mol. The van der Waals surface area contributed by atoms with Crippen LogP contribution >= 0.6 is 0 Å². The lowest BCUT2D eigenvalue weighted by molar-refractivity contribution is 0.0511. The Morgan fingerprint density at radius 2 is 1.76 bits per heavy atom. The molecule has 8 heteroatoms. The molecule has 0 aliphatic carbocycles. The number of aromatic nitrogens is 2. The molecule has 2 heterocycles. The molecule has 0 saturated carbocycles. The van der Waals surface area contributed by atoms with Crippen molar-refractivity contribution in [3.8, 4) is 0 Å². The summed E-state index contributed by atoms with van der Waals surface area (Å²) in [4.78, 5) is 4.43. The highest BCUT2D eigenvalue weighted by Crippen LogP contribution is 2.37. The van der Waals surface area contributed by atoms with Crippen LogP contribution in [0.25, 0.3) is 0 Å². The maximum Gasteiger partial charge on any atom is 0.264 e. The predicted octanol–water partition coefficient (Wildman–Crippen LogP) is 4.22. The van der Waals surface area contributed by atoms with Crippen LogP contribution in [-0.4, -0.2) is 36.0 Å². The van der Waals surface area contributed by atoms with Gasteiger partial charge in [0.05, 0.1) is 4.90 Å². The monoisotopic (exact) mass is 423 g/mol. The lowest BCUT2D eigenvalue weighted by Gasteiger charge is -2.33. The van der Waals surface area contributed by atoms with Gasteiger partial charge in [-0.05, 0) is 29.0 Å². The van der Waals surface area contributed by atoms with Gasteiger partial charge in [0.2, 0.25) is 10.0 Å². The zero-order valence-electron chi connectivity index (χ0n) is 17.8. The maximum absolute atomic E-state index is 15.4. The van der Waals surface area contributed by atoms with Gasteiger partial charge in [-0.25, -0.2) is 12.8 Å². The first-order chi connectivity index (χ1) is 13.4. The number of nitrogens with zero attached hydrogens (tertiary/aromatic N) is 3. The van der Waals surface area contributed by atoms with Gasteiger partial charge in [0.1, 0.15) is 0 Å². The van der Waals surface area contributed by atoms with Crippen LogP contribution in [0.5, 0.6) is 0 Å².